The largest absolute Gasteiger partial charge is 0.385 e. The number of rotatable bonds is 1. The Morgan fingerprint density at radius 2 is 2.29 bits per heavy atom. The van der Waals surface area contributed by atoms with Crippen LogP contribution in [0.1, 0.15) is 13.8 Å². The van der Waals surface area contributed by atoms with E-state index in [-0.39, 0.29) is 5.84 Å². The topological polar surface area (TPSA) is 138 Å². The summed E-state index contributed by atoms with van der Waals surface area (Å²) in [7, 11) is 0. The lowest BCUT2D eigenvalue weighted by Gasteiger charge is -2.12. The maximum absolute atomic E-state index is 8.36. The van der Waals surface area contributed by atoms with Crippen molar-refractivity contribution >= 4 is 5.84 Å². The van der Waals surface area contributed by atoms with Gasteiger partial charge in [0.1, 0.15) is 5.84 Å². The Balaban J connectivity index is 0.000000364. The fraction of sp³-hybridized carbons (Fsp3) is 0.500. The van der Waals surface area contributed by atoms with E-state index in [4.69, 9.17) is 26.5 Å². The van der Waals surface area contributed by atoms with E-state index in [1.807, 2.05) is 6.92 Å². The van der Waals surface area contributed by atoms with Gasteiger partial charge in [-0.05, 0) is 19.9 Å². The number of hydrogen-bond acceptors (Lipinski definition) is 5. The maximum Gasteiger partial charge on any atom is 0.291 e. The Morgan fingerprint density at radius 1 is 1.86 bits per heavy atom. The number of hydrogen-bond donors (Lipinski definition) is 3. The standard InChI is InChI=1S/C6H10N4.HNO3/c1-4-3-6(2,5(7)8)10-9-4;2-1(3)4/h3H,1-2H3,(H3,7,8);(H,2,3,4). The Hall–Kier alpha value is -1.99. The average molecular weight is 201 g/mol. The highest BCUT2D eigenvalue weighted by Gasteiger charge is 2.28. The van der Waals surface area contributed by atoms with Crippen LogP contribution in [0.15, 0.2) is 22.0 Å². The molecule has 1 rings (SSSR count). The number of nitrogens with two attached hydrogens (primary N) is 1. The molecular weight excluding hydrogens is 190 g/mol. The van der Waals surface area contributed by atoms with Crippen LogP contribution in [0.5, 0.6) is 0 Å². The Kier molecular flexibility index (Phi) is 3.69. The van der Waals surface area contributed by atoms with Crippen molar-refractivity contribution in [1.82, 2.24) is 0 Å². The van der Waals surface area contributed by atoms with Crippen molar-refractivity contribution in [2.24, 2.45) is 16.0 Å². The Morgan fingerprint density at radius 3 is 2.43 bits per heavy atom. The van der Waals surface area contributed by atoms with Gasteiger partial charge in [0, 0.05) is 0 Å². The van der Waals surface area contributed by atoms with Crippen molar-refractivity contribution in [3.8, 4) is 0 Å². The highest BCUT2D eigenvalue weighted by Crippen LogP contribution is 2.22. The van der Waals surface area contributed by atoms with Crippen LogP contribution in [0, 0.1) is 15.5 Å². The highest BCUT2D eigenvalue weighted by molar-refractivity contribution is 5.89. The summed E-state index contributed by atoms with van der Waals surface area (Å²) in [6.45, 7) is 3.59. The summed E-state index contributed by atoms with van der Waals surface area (Å²) in [5.41, 5.74) is 5.42. The normalized spacial score (nSPS) is 23.4. The third kappa shape index (κ3) is 3.61. The number of azo groups is 1. The number of allylic oxidation sites excluding steroid dienone is 1. The number of nitrogens with zero attached hydrogens (tertiary/aromatic N) is 3. The highest BCUT2D eigenvalue weighted by atomic mass is 16.9. The van der Waals surface area contributed by atoms with Crippen molar-refractivity contribution < 1.29 is 10.3 Å². The lowest BCUT2D eigenvalue weighted by atomic mass is 10.0. The van der Waals surface area contributed by atoms with Gasteiger partial charge in [0.25, 0.3) is 5.09 Å². The van der Waals surface area contributed by atoms with Crippen LogP contribution < -0.4 is 5.73 Å². The zero-order valence-electron chi connectivity index (χ0n) is 7.76. The zero-order chi connectivity index (χ0) is 11.4. The molecule has 0 bridgehead atoms. The van der Waals surface area contributed by atoms with Gasteiger partial charge in [0.05, 0.1) is 5.70 Å². The van der Waals surface area contributed by atoms with Gasteiger partial charge in [0.15, 0.2) is 5.54 Å². The van der Waals surface area contributed by atoms with Gasteiger partial charge < -0.3 is 10.9 Å². The van der Waals surface area contributed by atoms with Crippen molar-refractivity contribution in [3.63, 3.8) is 0 Å². The minimum atomic E-state index is -1.50. The van der Waals surface area contributed by atoms with E-state index in [0.29, 0.717) is 0 Å². The first-order chi connectivity index (χ1) is 6.28. The molecule has 0 saturated carbocycles. The first kappa shape index (κ1) is 12.0. The molecule has 1 heterocycles. The number of amidine groups is 1. The minimum Gasteiger partial charge on any atom is -0.385 e. The molecule has 0 aromatic carbocycles. The van der Waals surface area contributed by atoms with E-state index in [2.05, 4.69) is 10.2 Å². The molecule has 1 aliphatic rings. The van der Waals surface area contributed by atoms with E-state index < -0.39 is 10.6 Å². The van der Waals surface area contributed by atoms with Crippen LogP contribution in [-0.4, -0.2) is 21.7 Å². The fourth-order valence-corrected chi connectivity index (χ4v) is 0.779. The SMILES string of the molecule is CC1=CC(C)(C(=N)N)N=N1.O=[N+]([O-])O. The molecule has 0 aromatic heterocycles. The van der Waals surface area contributed by atoms with Gasteiger partial charge in [-0.3, -0.25) is 5.41 Å². The molecule has 1 atom stereocenters. The van der Waals surface area contributed by atoms with Crippen LogP contribution in [0.3, 0.4) is 0 Å². The Bertz CT molecular complexity index is 307. The van der Waals surface area contributed by atoms with Crippen molar-refractivity contribution in [2.75, 3.05) is 0 Å². The quantitative estimate of drug-likeness (QED) is 0.248. The van der Waals surface area contributed by atoms with E-state index in [1.165, 1.54) is 0 Å². The van der Waals surface area contributed by atoms with Crippen LogP contribution in [0.25, 0.3) is 0 Å². The van der Waals surface area contributed by atoms with Gasteiger partial charge >= 0.3 is 0 Å². The molecule has 0 spiro atoms. The second-order valence-electron chi connectivity index (χ2n) is 2.78. The molecule has 8 heteroatoms. The van der Waals surface area contributed by atoms with E-state index >= 15 is 0 Å². The summed E-state index contributed by atoms with van der Waals surface area (Å²) in [5.74, 6) is 0.0353. The zero-order valence-corrected chi connectivity index (χ0v) is 7.76. The fourth-order valence-electron chi connectivity index (χ4n) is 0.779. The third-order valence-corrected chi connectivity index (χ3v) is 1.45. The summed E-state index contributed by atoms with van der Waals surface area (Å²) in [6.07, 6.45) is 1.77. The smallest absolute Gasteiger partial charge is 0.291 e. The van der Waals surface area contributed by atoms with Gasteiger partial charge in [-0.15, -0.1) is 10.1 Å². The molecule has 0 aliphatic carbocycles. The molecule has 78 valence electrons. The summed E-state index contributed by atoms with van der Waals surface area (Å²) in [4.78, 5) is 8.36. The van der Waals surface area contributed by atoms with Gasteiger partial charge in [-0.25, -0.2) is 0 Å². The average Bonchev–Trinajstić information content (AvgIpc) is 2.31. The molecule has 14 heavy (non-hydrogen) atoms. The molecule has 0 aromatic rings. The first-order valence-electron chi connectivity index (χ1n) is 3.58. The second-order valence-corrected chi connectivity index (χ2v) is 2.78. The monoisotopic (exact) mass is 201 g/mol. The summed E-state index contributed by atoms with van der Waals surface area (Å²) in [5, 5.41) is 28.4. The van der Waals surface area contributed by atoms with Crippen LogP contribution in [-0.2, 0) is 0 Å². The number of nitrogens with one attached hydrogen (secondary N) is 1. The summed E-state index contributed by atoms with van der Waals surface area (Å²) >= 11 is 0. The van der Waals surface area contributed by atoms with Crippen LogP contribution in [0.2, 0.25) is 0 Å². The molecule has 1 aliphatic heterocycles. The van der Waals surface area contributed by atoms with Crippen molar-refractivity contribution in [1.29, 1.82) is 5.41 Å². The van der Waals surface area contributed by atoms with Gasteiger partial charge in [-0.1, -0.05) is 0 Å². The molecular formula is C6H11N5O3. The molecule has 0 amide bonds. The van der Waals surface area contributed by atoms with Crippen LogP contribution in [0.4, 0.5) is 0 Å². The third-order valence-electron chi connectivity index (χ3n) is 1.45. The molecule has 0 radical (unpaired) electrons. The molecule has 1 unspecified atom stereocenters. The lowest BCUT2D eigenvalue weighted by Crippen LogP contribution is -2.35. The van der Waals surface area contributed by atoms with Crippen LogP contribution >= 0.6 is 0 Å². The summed E-state index contributed by atoms with van der Waals surface area (Å²) < 4.78 is 0. The minimum absolute atomic E-state index is 0.0353. The molecule has 0 fully saturated rings. The molecule has 4 N–H and O–H groups in total. The van der Waals surface area contributed by atoms with Crippen molar-refractivity contribution in [2.45, 2.75) is 19.4 Å². The molecule has 0 saturated heterocycles. The van der Waals surface area contributed by atoms with E-state index in [9.17, 15) is 0 Å². The van der Waals surface area contributed by atoms with Crippen molar-refractivity contribution in [3.05, 3.63) is 21.9 Å². The lowest BCUT2D eigenvalue weighted by molar-refractivity contribution is -0.742. The van der Waals surface area contributed by atoms with Gasteiger partial charge in [-0.2, -0.15) is 10.2 Å². The maximum atomic E-state index is 8.36. The predicted octanol–water partition coefficient (Wildman–Crippen LogP) is 0.703. The van der Waals surface area contributed by atoms with E-state index in [1.54, 1.807) is 13.0 Å². The summed E-state index contributed by atoms with van der Waals surface area (Å²) in [6, 6.07) is 0. The first-order valence-corrected chi connectivity index (χ1v) is 3.58. The van der Waals surface area contributed by atoms with E-state index in [0.717, 1.165) is 5.70 Å². The van der Waals surface area contributed by atoms with Gasteiger partial charge in [0.2, 0.25) is 0 Å². The molecule has 8 nitrogen and oxygen atoms in total. The predicted molar refractivity (Wildman–Crippen MR) is 47.7 cm³/mol. The Labute approximate surface area is 79.7 Å². The second kappa shape index (κ2) is 4.30.